The van der Waals surface area contributed by atoms with Crippen molar-refractivity contribution in [1.29, 1.82) is 0 Å². The zero-order valence-electron chi connectivity index (χ0n) is 21.2. The van der Waals surface area contributed by atoms with Crippen LogP contribution in [0.5, 0.6) is 0 Å². The van der Waals surface area contributed by atoms with Crippen molar-refractivity contribution in [1.82, 2.24) is 0 Å². The molecule has 4 fully saturated rings. The van der Waals surface area contributed by atoms with Crippen molar-refractivity contribution in [2.24, 2.45) is 46.2 Å². The lowest BCUT2D eigenvalue weighted by Gasteiger charge is -2.61. The van der Waals surface area contributed by atoms with Gasteiger partial charge in [-0.1, -0.05) is 67.7 Å². The van der Waals surface area contributed by atoms with E-state index in [2.05, 4.69) is 20.8 Å². The molecular formula is C28H55N. The fourth-order valence-corrected chi connectivity index (χ4v) is 8.51. The van der Waals surface area contributed by atoms with Crippen molar-refractivity contribution in [3.8, 4) is 0 Å². The van der Waals surface area contributed by atoms with Crippen LogP contribution < -0.4 is 5.73 Å². The van der Waals surface area contributed by atoms with Crippen LogP contribution in [0, 0.1) is 40.4 Å². The molecule has 8 atom stereocenters. The molecular weight excluding hydrogens is 350 g/mol. The van der Waals surface area contributed by atoms with Crippen molar-refractivity contribution >= 4 is 0 Å². The molecule has 0 radical (unpaired) electrons. The van der Waals surface area contributed by atoms with E-state index in [1.165, 1.54) is 70.6 Å². The largest absolute Gasteiger partial charge is 0.328 e. The monoisotopic (exact) mass is 405 g/mol. The molecule has 4 aliphatic rings. The maximum atomic E-state index is 6.35. The third-order valence-corrected chi connectivity index (χ3v) is 10.1. The zero-order chi connectivity index (χ0) is 21.7. The minimum atomic E-state index is 0.498. The zero-order valence-corrected chi connectivity index (χ0v) is 21.2. The molecule has 0 amide bonds. The molecule has 2 N–H and O–H groups in total. The minimum absolute atomic E-state index is 0.498. The second kappa shape index (κ2) is 11.0. The molecule has 0 saturated heterocycles. The Kier molecular flexibility index (Phi) is 9.58. The lowest BCUT2D eigenvalue weighted by atomic mass is 9.44. The number of hydrogen-bond donors (Lipinski definition) is 1. The first-order valence-corrected chi connectivity index (χ1v) is 13.7. The molecule has 0 aromatic heterocycles. The smallest absolute Gasteiger partial charge is 0.00418 e. The molecule has 0 aromatic rings. The Balaban J connectivity index is 0.000000707. The Morgan fingerprint density at radius 1 is 0.759 bits per heavy atom. The maximum Gasteiger partial charge on any atom is 0.00418 e. The fourth-order valence-electron chi connectivity index (χ4n) is 8.51. The highest BCUT2D eigenvalue weighted by atomic mass is 14.7. The Morgan fingerprint density at radius 2 is 1.41 bits per heavy atom. The van der Waals surface area contributed by atoms with Crippen LogP contribution in [0.1, 0.15) is 132 Å². The number of fused-ring (bicyclic) bond motifs is 5. The first-order chi connectivity index (χ1) is 14.0. The summed E-state index contributed by atoms with van der Waals surface area (Å²) in [5.74, 6) is 5.09. The summed E-state index contributed by atoms with van der Waals surface area (Å²) in [4.78, 5) is 0. The number of rotatable bonds is 4. The molecule has 0 spiro atoms. The van der Waals surface area contributed by atoms with Gasteiger partial charge < -0.3 is 5.73 Å². The van der Waals surface area contributed by atoms with Crippen molar-refractivity contribution in [3.05, 3.63) is 0 Å². The maximum absolute atomic E-state index is 6.35. The van der Waals surface area contributed by atoms with Crippen LogP contribution in [-0.4, -0.2) is 6.04 Å². The van der Waals surface area contributed by atoms with Gasteiger partial charge >= 0.3 is 0 Å². The van der Waals surface area contributed by atoms with Gasteiger partial charge in [-0.05, 0) is 105 Å². The van der Waals surface area contributed by atoms with Crippen molar-refractivity contribution in [2.45, 2.75) is 138 Å². The van der Waals surface area contributed by atoms with Crippen LogP contribution in [0.2, 0.25) is 0 Å². The van der Waals surface area contributed by atoms with Crippen LogP contribution in [0.4, 0.5) is 0 Å². The summed E-state index contributed by atoms with van der Waals surface area (Å²) in [6.07, 6.45) is 19.0. The lowest BCUT2D eigenvalue weighted by Crippen LogP contribution is -2.54. The van der Waals surface area contributed by atoms with Gasteiger partial charge in [0.15, 0.2) is 0 Å². The number of nitrogens with two attached hydrogens (primary N) is 1. The van der Waals surface area contributed by atoms with Crippen LogP contribution >= 0.6 is 0 Å². The quantitative estimate of drug-likeness (QED) is 0.465. The summed E-state index contributed by atoms with van der Waals surface area (Å²) >= 11 is 0. The Bertz CT molecular complexity index is 473. The third-order valence-electron chi connectivity index (χ3n) is 10.1. The summed E-state index contributed by atoms with van der Waals surface area (Å²) in [5, 5.41) is 0. The van der Waals surface area contributed by atoms with E-state index in [9.17, 15) is 0 Å². The standard InChI is InChI=1S/C24H43N.2C2H6/c1-4-5-6-7-17-9-11-21-20-10-8-18-16-19(25)12-14-24(18,3)22(20)13-15-23(17,21)2;2*1-2/h17-22H,4-16,25H2,1-3H3;2*1-2H3/t17?,18-,19?,20?,21?,22?,23?,24?;;/m0../s1. The Labute approximate surface area is 184 Å². The van der Waals surface area contributed by atoms with Crippen molar-refractivity contribution in [2.75, 3.05) is 0 Å². The lowest BCUT2D eigenvalue weighted by molar-refractivity contribution is -0.113. The van der Waals surface area contributed by atoms with Crippen LogP contribution in [0.25, 0.3) is 0 Å². The van der Waals surface area contributed by atoms with E-state index < -0.39 is 0 Å². The van der Waals surface area contributed by atoms with Gasteiger partial charge in [-0.15, -0.1) is 0 Å². The molecule has 1 heteroatoms. The predicted octanol–water partition coefficient (Wildman–Crippen LogP) is 8.61. The molecule has 0 bridgehead atoms. The second-order valence-electron chi connectivity index (χ2n) is 11.0. The van der Waals surface area contributed by atoms with E-state index >= 15 is 0 Å². The highest BCUT2D eigenvalue weighted by Crippen LogP contribution is 2.67. The van der Waals surface area contributed by atoms with Crippen LogP contribution in [-0.2, 0) is 0 Å². The van der Waals surface area contributed by atoms with Gasteiger partial charge in [-0.3, -0.25) is 0 Å². The molecule has 0 heterocycles. The Hall–Kier alpha value is -0.0400. The van der Waals surface area contributed by atoms with Gasteiger partial charge in [0.2, 0.25) is 0 Å². The summed E-state index contributed by atoms with van der Waals surface area (Å²) < 4.78 is 0. The summed E-state index contributed by atoms with van der Waals surface area (Å²) in [7, 11) is 0. The van der Waals surface area contributed by atoms with Gasteiger partial charge in [0.25, 0.3) is 0 Å². The summed E-state index contributed by atoms with van der Waals surface area (Å²) in [5.41, 5.74) is 7.66. The van der Waals surface area contributed by atoms with Crippen LogP contribution in [0.15, 0.2) is 0 Å². The molecule has 29 heavy (non-hydrogen) atoms. The van der Waals surface area contributed by atoms with Gasteiger partial charge in [-0.2, -0.15) is 0 Å². The van der Waals surface area contributed by atoms with Gasteiger partial charge in [-0.25, -0.2) is 0 Å². The fraction of sp³-hybridized carbons (Fsp3) is 1.00. The van der Waals surface area contributed by atoms with E-state index in [1.54, 1.807) is 12.8 Å². The summed E-state index contributed by atoms with van der Waals surface area (Å²) in [6, 6.07) is 0.498. The average Bonchev–Trinajstić information content (AvgIpc) is 3.08. The number of hydrogen-bond acceptors (Lipinski definition) is 1. The molecule has 4 aliphatic carbocycles. The van der Waals surface area contributed by atoms with E-state index in [-0.39, 0.29) is 0 Å². The van der Waals surface area contributed by atoms with Gasteiger partial charge in [0, 0.05) is 6.04 Å². The Morgan fingerprint density at radius 3 is 2.10 bits per heavy atom. The molecule has 0 aromatic carbocycles. The van der Waals surface area contributed by atoms with E-state index in [0.29, 0.717) is 16.9 Å². The second-order valence-corrected chi connectivity index (χ2v) is 11.0. The van der Waals surface area contributed by atoms with Crippen LogP contribution in [0.3, 0.4) is 0 Å². The third kappa shape index (κ3) is 4.75. The predicted molar refractivity (Wildman–Crippen MR) is 130 cm³/mol. The van der Waals surface area contributed by atoms with Crippen molar-refractivity contribution < 1.29 is 0 Å². The topological polar surface area (TPSA) is 26.0 Å². The molecule has 7 unspecified atom stereocenters. The molecule has 4 saturated carbocycles. The normalized spacial score (nSPS) is 45.5. The van der Waals surface area contributed by atoms with E-state index in [1.807, 2.05) is 27.7 Å². The SMILES string of the molecule is CC.CC.CCCCCC1CCC2C3CC[C@H]4CC(N)CCC4(C)C3CCC12C. The van der Waals surface area contributed by atoms with Gasteiger partial charge in [0.1, 0.15) is 0 Å². The minimum Gasteiger partial charge on any atom is -0.328 e. The summed E-state index contributed by atoms with van der Waals surface area (Å²) in [6.45, 7) is 15.7. The molecule has 4 rings (SSSR count). The first kappa shape index (κ1) is 25.2. The van der Waals surface area contributed by atoms with Crippen molar-refractivity contribution in [3.63, 3.8) is 0 Å². The highest BCUT2D eigenvalue weighted by Gasteiger charge is 2.59. The van der Waals surface area contributed by atoms with E-state index in [0.717, 1.165) is 29.6 Å². The molecule has 1 nitrogen and oxygen atoms in total. The molecule has 172 valence electrons. The molecule has 0 aliphatic heterocycles. The van der Waals surface area contributed by atoms with Gasteiger partial charge in [0.05, 0.1) is 0 Å². The average molecular weight is 406 g/mol. The first-order valence-electron chi connectivity index (χ1n) is 13.7. The highest BCUT2D eigenvalue weighted by molar-refractivity contribution is 5.09. The van der Waals surface area contributed by atoms with E-state index in [4.69, 9.17) is 5.73 Å². The number of unbranched alkanes of at least 4 members (excludes halogenated alkanes) is 2.